The monoisotopic (exact) mass is 347 g/mol. The van der Waals surface area contributed by atoms with Gasteiger partial charge in [0.25, 0.3) is 0 Å². The third kappa shape index (κ3) is 5.83. The largest absolute Gasteiger partial charge is 0.480 e. The molecule has 1 unspecified atom stereocenters. The highest BCUT2D eigenvalue weighted by molar-refractivity contribution is 5.80. The molecule has 0 aromatic heterocycles. The van der Waals surface area contributed by atoms with Crippen LogP contribution >= 0.6 is 0 Å². The molecule has 1 amide bonds. The zero-order valence-corrected chi connectivity index (χ0v) is 15.4. The normalized spacial score (nSPS) is 17.4. The summed E-state index contributed by atoms with van der Waals surface area (Å²) in [6.45, 7) is 7.97. The summed E-state index contributed by atoms with van der Waals surface area (Å²) in [6, 6.07) is 7.91. The minimum atomic E-state index is -0.907. The fraction of sp³-hybridized carbons (Fsp3) is 0.579. The van der Waals surface area contributed by atoms with Gasteiger partial charge >= 0.3 is 5.97 Å². The second-order valence-corrected chi connectivity index (χ2v) is 6.93. The van der Waals surface area contributed by atoms with Crippen molar-refractivity contribution in [3.63, 3.8) is 0 Å². The number of nitrogens with zero attached hydrogens (tertiary/aromatic N) is 3. The van der Waals surface area contributed by atoms with Gasteiger partial charge in [-0.25, -0.2) is 0 Å². The first-order valence-corrected chi connectivity index (χ1v) is 8.85. The molecule has 1 heterocycles. The van der Waals surface area contributed by atoms with Crippen molar-refractivity contribution >= 4 is 11.9 Å². The summed E-state index contributed by atoms with van der Waals surface area (Å²) in [5.74, 6) is -0.900. The highest BCUT2D eigenvalue weighted by Crippen LogP contribution is 2.11. The van der Waals surface area contributed by atoms with Crippen molar-refractivity contribution in [1.82, 2.24) is 14.7 Å². The molecule has 1 atom stereocenters. The predicted octanol–water partition coefficient (Wildman–Crippen LogP) is 1.43. The standard InChI is InChI=1S/C19H29N3O3/c1-15-5-7-17(8-6-15)13-21-9-4-10-22(12-11-21)18(23)14-20(3)16(2)19(24)25/h5-8,16H,4,9-14H2,1-3H3,(H,24,25). The van der Waals surface area contributed by atoms with E-state index in [0.29, 0.717) is 6.54 Å². The van der Waals surface area contributed by atoms with Crippen molar-refractivity contribution in [2.24, 2.45) is 0 Å². The quantitative estimate of drug-likeness (QED) is 0.843. The highest BCUT2D eigenvalue weighted by Gasteiger charge is 2.23. The van der Waals surface area contributed by atoms with Gasteiger partial charge in [-0.05, 0) is 32.9 Å². The van der Waals surface area contributed by atoms with Crippen LogP contribution in [0.1, 0.15) is 24.5 Å². The van der Waals surface area contributed by atoms with Crippen LogP contribution in [0.15, 0.2) is 24.3 Å². The fourth-order valence-corrected chi connectivity index (χ4v) is 2.97. The van der Waals surface area contributed by atoms with Gasteiger partial charge in [-0.1, -0.05) is 29.8 Å². The van der Waals surface area contributed by atoms with Gasteiger partial charge in [0, 0.05) is 32.7 Å². The number of carbonyl (C=O) groups excluding carboxylic acids is 1. The molecule has 0 radical (unpaired) electrons. The van der Waals surface area contributed by atoms with Crippen molar-refractivity contribution in [2.45, 2.75) is 32.9 Å². The van der Waals surface area contributed by atoms with Crippen LogP contribution in [0.2, 0.25) is 0 Å². The van der Waals surface area contributed by atoms with Gasteiger partial charge in [0.1, 0.15) is 6.04 Å². The topological polar surface area (TPSA) is 64.1 Å². The van der Waals surface area contributed by atoms with Crippen molar-refractivity contribution in [2.75, 3.05) is 39.8 Å². The maximum atomic E-state index is 12.5. The molecule has 1 fully saturated rings. The van der Waals surface area contributed by atoms with Gasteiger partial charge < -0.3 is 10.0 Å². The number of amides is 1. The third-order valence-electron chi connectivity index (χ3n) is 4.87. The average molecular weight is 347 g/mol. The van der Waals surface area contributed by atoms with E-state index in [1.165, 1.54) is 11.1 Å². The molecular formula is C19H29N3O3. The summed E-state index contributed by atoms with van der Waals surface area (Å²) in [7, 11) is 1.68. The second-order valence-electron chi connectivity index (χ2n) is 6.93. The lowest BCUT2D eigenvalue weighted by molar-refractivity contribution is -0.143. The Morgan fingerprint density at radius 2 is 1.84 bits per heavy atom. The Labute approximate surface area is 150 Å². The van der Waals surface area contributed by atoms with Crippen LogP contribution in [0, 0.1) is 6.92 Å². The molecule has 0 saturated carbocycles. The van der Waals surface area contributed by atoms with Crippen LogP contribution in [0.5, 0.6) is 0 Å². The number of rotatable bonds is 6. The fourth-order valence-electron chi connectivity index (χ4n) is 2.97. The summed E-state index contributed by atoms with van der Waals surface area (Å²) in [5, 5.41) is 9.04. The molecule has 1 aliphatic rings. The molecular weight excluding hydrogens is 318 g/mol. The molecule has 1 aromatic carbocycles. The number of carboxylic acids is 1. The van der Waals surface area contributed by atoms with E-state index in [1.807, 2.05) is 4.90 Å². The maximum Gasteiger partial charge on any atom is 0.320 e. The lowest BCUT2D eigenvalue weighted by atomic mass is 10.1. The summed E-state index contributed by atoms with van der Waals surface area (Å²) < 4.78 is 0. The van der Waals surface area contributed by atoms with Crippen LogP contribution in [0.25, 0.3) is 0 Å². The molecule has 1 aliphatic heterocycles. The molecule has 1 N–H and O–H groups in total. The van der Waals surface area contributed by atoms with E-state index in [-0.39, 0.29) is 12.5 Å². The third-order valence-corrected chi connectivity index (χ3v) is 4.87. The van der Waals surface area contributed by atoms with E-state index in [0.717, 1.165) is 32.6 Å². The average Bonchev–Trinajstić information content (AvgIpc) is 2.81. The van der Waals surface area contributed by atoms with Crippen molar-refractivity contribution in [3.05, 3.63) is 35.4 Å². The van der Waals surface area contributed by atoms with Crippen LogP contribution in [-0.4, -0.2) is 77.5 Å². The molecule has 0 bridgehead atoms. The molecule has 6 nitrogen and oxygen atoms in total. The molecule has 1 saturated heterocycles. The Bertz CT molecular complexity index is 588. The first kappa shape index (κ1) is 19.4. The second kappa shape index (κ2) is 8.97. The minimum Gasteiger partial charge on any atom is -0.480 e. The van der Waals surface area contributed by atoms with Crippen molar-refractivity contribution in [1.29, 1.82) is 0 Å². The zero-order valence-electron chi connectivity index (χ0n) is 15.4. The van der Waals surface area contributed by atoms with Crippen LogP contribution in [0.4, 0.5) is 0 Å². The van der Waals surface area contributed by atoms with E-state index >= 15 is 0 Å². The number of likely N-dealkylation sites (N-methyl/N-ethyl adjacent to an activating group) is 1. The molecule has 0 spiro atoms. The first-order chi connectivity index (χ1) is 11.9. The maximum absolute atomic E-state index is 12.5. The molecule has 138 valence electrons. The van der Waals surface area contributed by atoms with Crippen LogP contribution < -0.4 is 0 Å². The Hall–Kier alpha value is -1.92. The van der Waals surface area contributed by atoms with E-state index in [2.05, 4.69) is 36.1 Å². The molecule has 2 rings (SSSR count). The molecule has 25 heavy (non-hydrogen) atoms. The summed E-state index contributed by atoms with van der Waals surface area (Å²) in [4.78, 5) is 29.3. The Kier molecular flexibility index (Phi) is 6.96. The Balaban J connectivity index is 1.84. The lowest BCUT2D eigenvalue weighted by Crippen LogP contribution is -2.45. The predicted molar refractivity (Wildman–Crippen MR) is 97.4 cm³/mol. The SMILES string of the molecule is Cc1ccc(CN2CCCN(C(=O)CN(C)C(C)C(=O)O)CC2)cc1. The Morgan fingerprint density at radius 1 is 1.16 bits per heavy atom. The van der Waals surface area contributed by atoms with E-state index in [4.69, 9.17) is 5.11 Å². The van der Waals surface area contributed by atoms with Crippen LogP contribution in [-0.2, 0) is 16.1 Å². The minimum absolute atomic E-state index is 0.00721. The summed E-state index contributed by atoms with van der Waals surface area (Å²) >= 11 is 0. The smallest absolute Gasteiger partial charge is 0.320 e. The van der Waals surface area contributed by atoms with Gasteiger partial charge in [-0.2, -0.15) is 0 Å². The van der Waals surface area contributed by atoms with E-state index < -0.39 is 12.0 Å². The number of hydrogen-bond donors (Lipinski definition) is 1. The summed E-state index contributed by atoms with van der Waals surface area (Å²) in [6.07, 6.45) is 0.940. The summed E-state index contributed by atoms with van der Waals surface area (Å²) in [5.41, 5.74) is 2.55. The number of aryl methyl sites for hydroxylation is 1. The van der Waals surface area contributed by atoms with E-state index in [9.17, 15) is 9.59 Å². The number of carbonyl (C=O) groups is 2. The van der Waals surface area contributed by atoms with Gasteiger partial charge in [0.15, 0.2) is 0 Å². The first-order valence-electron chi connectivity index (χ1n) is 8.85. The number of carboxylic acid groups (broad SMARTS) is 1. The highest BCUT2D eigenvalue weighted by atomic mass is 16.4. The van der Waals surface area contributed by atoms with Crippen LogP contribution in [0.3, 0.4) is 0 Å². The Morgan fingerprint density at radius 3 is 2.48 bits per heavy atom. The van der Waals surface area contributed by atoms with E-state index in [1.54, 1.807) is 18.9 Å². The molecule has 0 aliphatic carbocycles. The van der Waals surface area contributed by atoms with Gasteiger partial charge in [-0.3, -0.25) is 19.4 Å². The van der Waals surface area contributed by atoms with Crippen molar-refractivity contribution in [3.8, 4) is 0 Å². The molecule has 1 aromatic rings. The number of aliphatic carboxylic acids is 1. The van der Waals surface area contributed by atoms with Gasteiger partial charge in [0.2, 0.25) is 5.91 Å². The zero-order chi connectivity index (χ0) is 18.4. The van der Waals surface area contributed by atoms with Gasteiger partial charge in [0.05, 0.1) is 6.54 Å². The number of hydrogen-bond acceptors (Lipinski definition) is 4. The van der Waals surface area contributed by atoms with Crippen molar-refractivity contribution < 1.29 is 14.7 Å². The van der Waals surface area contributed by atoms with Gasteiger partial charge in [-0.15, -0.1) is 0 Å². The number of benzene rings is 1. The molecule has 6 heteroatoms. The lowest BCUT2D eigenvalue weighted by Gasteiger charge is -2.26.